The molecule has 0 aliphatic rings. The molecule has 0 aliphatic carbocycles. The smallest absolute Gasteiger partial charge is 0.358 e. The zero-order valence-corrected chi connectivity index (χ0v) is 10.8. The van der Waals surface area contributed by atoms with Gasteiger partial charge in [0.1, 0.15) is 0 Å². The van der Waals surface area contributed by atoms with Gasteiger partial charge in [-0.05, 0) is 12.8 Å². The van der Waals surface area contributed by atoms with Gasteiger partial charge < -0.3 is 20.1 Å². The van der Waals surface area contributed by atoms with E-state index in [0.29, 0.717) is 18.8 Å². The van der Waals surface area contributed by atoms with Gasteiger partial charge in [-0.1, -0.05) is 19.0 Å². The van der Waals surface area contributed by atoms with Crippen LogP contribution in [0.4, 0.5) is 0 Å². The Hall–Kier alpha value is -1.40. The second kappa shape index (κ2) is 6.51. The van der Waals surface area contributed by atoms with Crippen LogP contribution in [0, 0.1) is 5.41 Å². The first-order valence-corrected chi connectivity index (χ1v) is 6.07. The first-order valence-electron chi connectivity index (χ1n) is 6.07. The van der Waals surface area contributed by atoms with E-state index < -0.39 is 5.97 Å². The molecule has 0 bridgehead atoms. The molecule has 0 atom stereocenters. The van der Waals surface area contributed by atoms with Crippen molar-refractivity contribution in [2.24, 2.45) is 5.41 Å². The van der Waals surface area contributed by atoms with Gasteiger partial charge in [0, 0.05) is 24.6 Å². The summed E-state index contributed by atoms with van der Waals surface area (Å²) in [4.78, 5) is 10.6. The highest BCUT2D eigenvalue weighted by Crippen LogP contribution is 2.24. The van der Waals surface area contributed by atoms with E-state index in [1.54, 1.807) is 0 Å². The lowest BCUT2D eigenvalue weighted by molar-refractivity contribution is 0.0685. The number of nitrogens with zero attached hydrogens (tertiary/aromatic N) is 1. The Balaban J connectivity index is 2.47. The molecule has 1 rings (SSSR count). The molecule has 0 amide bonds. The fourth-order valence-electron chi connectivity index (χ4n) is 1.73. The van der Waals surface area contributed by atoms with Gasteiger partial charge in [-0.15, -0.1) is 0 Å². The van der Waals surface area contributed by atoms with E-state index >= 15 is 0 Å². The number of nitrogens with one attached hydrogen (secondary N) is 1. The molecule has 3 N–H and O–H groups in total. The van der Waals surface area contributed by atoms with E-state index in [2.05, 4.69) is 10.5 Å². The Labute approximate surface area is 106 Å². The van der Waals surface area contributed by atoms with Gasteiger partial charge in [0.05, 0.1) is 6.54 Å². The number of aromatic nitrogens is 1. The molecule has 0 aromatic carbocycles. The van der Waals surface area contributed by atoms with Gasteiger partial charge >= 0.3 is 5.97 Å². The molecular weight excluding hydrogens is 236 g/mol. The van der Waals surface area contributed by atoms with Crippen molar-refractivity contribution in [2.75, 3.05) is 13.2 Å². The maximum atomic E-state index is 10.6. The van der Waals surface area contributed by atoms with Crippen LogP contribution in [-0.2, 0) is 6.54 Å². The number of carbonyl (C=O) groups is 1. The number of aromatic carboxylic acids is 1. The van der Waals surface area contributed by atoms with Crippen molar-refractivity contribution >= 4 is 5.97 Å². The highest BCUT2D eigenvalue weighted by molar-refractivity contribution is 5.85. The van der Waals surface area contributed by atoms with Crippen molar-refractivity contribution in [3.63, 3.8) is 0 Å². The molecule has 18 heavy (non-hydrogen) atoms. The van der Waals surface area contributed by atoms with E-state index in [0.717, 1.165) is 12.8 Å². The SMILES string of the molecule is CCC(CC)(CO)CNCc1cc(C(=O)O)no1. The van der Waals surface area contributed by atoms with Crippen LogP contribution in [0.15, 0.2) is 10.6 Å². The molecule has 1 aromatic rings. The second-order valence-electron chi connectivity index (χ2n) is 4.45. The third-order valence-corrected chi connectivity index (χ3v) is 3.41. The summed E-state index contributed by atoms with van der Waals surface area (Å²) in [5.41, 5.74) is -0.221. The van der Waals surface area contributed by atoms with Crippen LogP contribution in [0.25, 0.3) is 0 Å². The molecule has 1 aromatic heterocycles. The van der Waals surface area contributed by atoms with Gasteiger partial charge in [0.25, 0.3) is 0 Å². The summed E-state index contributed by atoms with van der Waals surface area (Å²) in [5, 5.41) is 24.7. The van der Waals surface area contributed by atoms with E-state index in [1.165, 1.54) is 6.07 Å². The molecule has 0 unspecified atom stereocenters. The van der Waals surface area contributed by atoms with E-state index in [9.17, 15) is 9.90 Å². The number of hydrogen-bond donors (Lipinski definition) is 3. The lowest BCUT2D eigenvalue weighted by Crippen LogP contribution is -2.36. The molecule has 1 heterocycles. The summed E-state index contributed by atoms with van der Waals surface area (Å²) >= 11 is 0. The summed E-state index contributed by atoms with van der Waals surface area (Å²) < 4.78 is 4.89. The number of carboxylic acids is 1. The largest absolute Gasteiger partial charge is 0.476 e. The number of aliphatic hydroxyl groups is 1. The number of aliphatic hydroxyl groups excluding tert-OH is 1. The van der Waals surface area contributed by atoms with Crippen molar-refractivity contribution in [1.82, 2.24) is 10.5 Å². The quantitative estimate of drug-likeness (QED) is 0.648. The minimum Gasteiger partial charge on any atom is -0.476 e. The fourth-order valence-corrected chi connectivity index (χ4v) is 1.73. The Morgan fingerprint density at radius 3 is 2.61 bits per heavy atom. The minimum atomic E-state index is -1.10. The van der Waals surface area contributed by atoms with Gasteiger partial charge in [-0.2, -0.15) is 0 Å². The average Bonchev–Trinajstić information content (AvgIpc) is 2.84. The number of hydrogen-bond acceptors (Lipinski definition) is 5. The maximum Gasteiger partial charge on any atom is 0.358 e. The summed E-state index contributed by atoms with van der Waals surface area (Å²) in [5.74, 6) is -0.622. The molecular formula is C12H20N2O4. The molecule has 0 spiro atoms. The van der Waals surface area contributed by atoms with Crippen LogP contribution in [0.1, 0.15) is 42.9 Å². The number of carboxylic acid groups (broad SMARTS) is 1. The lowest BCUT2D eigenvalue weighted by atomic mass is 9.83. The Morgan fingerprint density at radius 2 is 2.17 bits per heavy atom. The maximum absolute atomic E-state index is 10.6. The highest BCUT2D eigenvalue weighted by Gasteiger charge is 2.24. The van der Waals surface area contributed by atoms with Crippen LogP contribution in [0.2, 0.25) is 0 Å². The molecule has 0 fully saturated rings. The minimum absolute atomic E-state index is 0.0915. The first kappa shape index (κ1) is 14.7. The first-order chi connectivity index (χ1) is 8.56. The molecule has 0 aliphatic heterocycles. The molecule has 0 saturated heterocycles. The molecule has 0 saturated carbocycles. The fraction of sp³-hybridized carbons (Fsp3) is 0.667. The van der Waals surface area contributed by atoms with Gasteiger partial charge in [0.2, 0.25) is 0 Å². The van der Waals surface area contributed by atoms with Gasteiger partial charge in [0.15, 0.2) is 11.5 Å². The monoisotopic (exact) mass is 256 g/mol. The van der Waals surface area contributed by atoms with Crippen LogP contribution >= 0.6 is 0 Å². The number of rotatable bonds is 8. The van der Waals surface area contributed by atoms with E-state index in [4.69, 9.17) is 9.63 Å². The normalized spacial score (nSPS) is 11.7. The van der Waals surface area contributed by atoms with Crippen molar-refractivity contribution < 1.29 is 19.5 Å². The standard InChI is InChI=1S/C12H20N2O4/c1-3-12(4-2,8-15)7-13-6-9-5-10(11(16)17)14-18-9/h5,13,15H,3-4,6-8H2,1-2H3,(H,16,17). The summed E-state index contributed by atoms with van der Waals surface area (Å²) in [7, 11) is 0. The van der Waals surface area contributed by atoms with Crippen molar-refractivity contribution in [3.05, 3.63) is 17.5 Å². The molecule has 6 nitrogen and oxygen atoms in total. The van der Waals surface area contributed by atoms with Gasteiger partial charge in [-0.3, -0.25) is 0 Å². The summed E-state index contributed by atoms with van der Waals surface area (Å²) in [6.07, 6.45) is 1.76. The Morgan fingerprint density at radius 1 is 1.50 bits per heavy atom. The lowest BCUT2D eigenvalue weighted by Gasteiger charge is -2.29. The van der Waals surface area contributed by atoms with Crippen LogP contribution < -0.4 is 5.32 Å². The van der Waals surface area contributed by atoms with Crippen LogP contribution in [0.3, 0.4) is 0 Å². The van der Waals surface area contributed by atoms with Crippen LogP contribution in [-0.4, -0.2) is 34.5 Å². The van der Waals surface area contributed by atoms with Crippen molar-refractivity contribution in [1.29, 1.82) is 0 Å². The summed E-state index contributed by atoms with van der Waals surface area (Å²) in [6.45, 7) is 5.27. The zero-order valence-electron chi connectivity index (χ0n) is 10.8. The third-order valence-electron chi connectivity index (χ3n) is 3.41. The third kappa shape index (κ3) is 3.54. The van der Waals surface area contributed by atoms with Gasteiger partial charge in [-0.25, -0.2) is 4.79 Å². The van der Waals surface area contributed by atoms with Crippen molar-refractivity contribution in [2.45, 2.75) is 33.2 Å². The Bertz CT molecular complexity index is 377. The topological polar surface area (TPSA) is 95.6 Å². The molecule has 6 heteroatoms. The van der Waals surface area contributed by atoms with Crippen molar-refractivity contribution in [3.8, 4) is 0 Å². The highest BCUT2D eigenvalue weighted by atomic mass is 16.5. The van der Waals surface area contributed by atoms with Crippen LogP contribution in [0.5, 0.6) is 0 Å². The average molecular weight is 256 g/mol. The molecule has 0 radical (unpaired) electrons. The predicted molar refractivity (Wildman–Crippen MR) is 65.3 cm³/mol. The summed E-state index contributed by atoms with van der Waals surface area (Å²) in [6, 6.07) is 1.40. The zero-order chi connectivity index (χ0) is 13.6. The molecule has 102 valence electrons. The predicted octanol–water partition coefficient (Wildman–Crippen LogP) is 1.26. The Kier molecular flexibility index (Phi) is 5.30. The van der Waals surface area contributed by atoms with E-state index in [1.807, 2.05) is 13.8 Å². The van der Waals surface area contributed by atoms with E-state index in [-0.39, 0.29) is 17.7 Å². The second-order valence-corrected chi connectivity index (χ2v) is 4.45.